The van der Waals surface area contributed by atoms with Crippen molar-refractivity contribution in [2.75, 3.05) is 20.6 Å². The number of carbonyl (C=O) groups is 1. The van der Waals surface area contributed by atoms with Gasteiger partial charge in [0.25, 0.3) is 0 Å². The van der Waals surface area contributed by atoms with Gasteiger partial charge >= 0.3 is 5.97 Å². The molecule has 2 rings (SSSR count). The van der Waals surface area contributed by atoms with Crippen molar-refractivity contribution in [1.29, 1.82) is 0 Å². The molecule has 116 valence electrons. The number of aliphatic hydroxyl groups is 1. The lowest BCUT2D eigenvalue weighted by molar-refractivity contribution is -0.131. The van der Waals surface area contributed by atoms with E-state index in [9.17, 15) is 9.90 Å². The Kier molecular flexibility index (Phi) is 5.01. The van der Waals surface area contributed by atoms with Crippen molar-refractivity contribution in [2.24, 2.45) is 5.92 Å². The molecule has 2 atom stereocenters. The summed E-state index contributed by atoms with van der Waals surface area (Å²) in [6, 6.07) is 7.32. The largest absolute Gasteiger partial charge is 0.427 e. The van der Waals surface area contributed by atoms with Crippen LogP contribution in [0, 0.1) is 5.92 Å². The van der Waals surface area contributed by atoms with Crippen molar-refractivity contribution in [2.45, 2.75) is 38.2 Å². The number of ether oxygens (including phenoxy) is 1. The van der Waals surface area contributed by atoms with Gasteiger partial charge in [0.15, 0.2) is 0 Å². The Bertz CT molecular complexity index is 501. The fourth-order valence-electron chi connectivity index (χ4n) is 3.29. The van der Waals surface area contributed by atoms with E-state index in [1.807, 2.05) is 26.2 Å². The number of hydrogen-bond donors (Lipinski definition) is 1. The van der Waals surface area contributed by atoms with Crippen LogP contribution in [0.2, 0.25) is 0 Å². The van der Waals surface area contributed by atoms with Crippen LogP contribution >= 0.6 is 0 Å². The van der Waals surface area contributed by atoms with Gasteiger partial charge in [0.2, 0.25) is 0 Å². The minimum absolute atomic E-state index is 0.203. The van der Waals surface area contributed by atoms with Gasteiger partial charge in [-0.25, -0.2) is 0 Å². The van der Waals surface area contributed by atoms with E-state index in [2.05, 4.69) is 4.90 Å². The number of carbonyl (C=O) groups excluding carboxylic acids is 1. The number of hydrogen-bond acceptors (Lipinski definition) is 4. The molecular weight excluding hydrogens is 266 g/mol. The van der Waals surface area contributed by atoms with Gasteiger partial charge in [-0.05, 0) is 44.6 Å². The number of rotatable bonds is 4. The Morgan fingerprint density at radius 1 is 1.43 bits per heavy atom. The summed E-state index contributed by atoms with van der Waals surface area (Å²) in [7, 11) is 4.06. The molecule has 1 fully saturated rings. The molecule has 0 heterocycles. The molecule has 0 unspecified atom stereocenters. The molecule has 4 nitrogen and oxygen atoms in total. The number of esters is 1. The highest BCUT2D eigenvalue weighted by Gasteiger charge is 2.40. The Balaban J connectivity index is 2.29. The van der Waals surface area contributed by atoms with E-state index >= 15 is 0 Å². The van der Waals surface area contributed by atoms with Crippen LogP contribution in [0.3, 0.4) is 0 Å². The van der Waals surface area contributed by atoms with Crippen LogP contribution in [-0.2, 0) is 10.4 Å². The van der Waals surface area contributed by atoms with Crippen molar-refractivity contribution in [3.8, 4) is 5.75 Å². The third-order valence-electron chi connectivity index (χ3n) is 4.22. The molecule has 0 bridgehead atoms. The van der Waals surface area contributed by atoms with Crippen LogP contribution in [0.25, 0.3) is 0 Å². The van der Waals surface area contributed by atoms with E-state index in [1.54, 1.807) is 12.1 Å². The van der Waals surface area contributed by atoms with Crippen molar-refractivity contribution in [3.05, 3.63) is 29.8 Å². The summed E-state index contributed by atoms with van der Waals surface area (Å²) in [5, 5.41) is 11.2. The summed E-state index contributed by atoms with van der Waals surface area (Å²) in [6.45, 7) is 2.24. The lowest BCUT2D eigenvalue weighted by Gasteiger charge is -2.41. The van der Waals surface area contributed by atoms with Gasteiger partial charge in [0, 0.05) is 19.4 Å². The first-order valence-corrected chi connectivity index (χ1v) is 7.58. The van der Waals surface area contributed by atoms with E-state index in [0.717, 1.165) is 37.8 Å². The van der Waals surface area contributed by atoms with Gasteiger partial charge in [-0.2, -0.15) is 0 Å². The summed E-state index contributed by atoms with van der Waals surface area (Å²) in [5.41, 5.74) is 0.0198. The molecule has 4 heteroatoms. The minimum Gasteiger partial charge on any atom is -0.427 e. The quantitative estimate of drug-likeness (QED) is 0.684. The summed E-state index contributed by atoms with van der Waals surface area (Å²) in [5.74, 6) is 0.365. The fraction of sp³-hybridized carbons (Fsp3) is 0.588. The molecule has 1 N–H and O–H groups in total. The third-order valence-corrected chi connectivity index (χ3v) is 4.22. The van der Waals surface area contributed by atoms with Gasteiger partial charge in [-0.1, -0.05) is 25.0 Å². The minimum atomic E-state index is -0.835. The maximum atomic E-state index is 11.2. The van der Waals surface area contributed by atoms with Crippen LogP contribution in [0.15, 0.2) is 24.3 Å². The predicted molar refractivity (Wildman–Crippen MR) is 82.2 cm³/mol. The molecule has 0 aromatic heterocycles. The Labute approximate surface area is 126 Å². The van der Waals surface area contributed by atoms with Gasteiger partial charge in [-0.15, -0.1) is 0 Å². The molecule has 1 aliphatic carbocycles. The molecule has 21 heavy (non-hydrogen) atoms. The first-order valence-electron chi connectivity index (χ1n) is 7.58. The van der Waals surface area contributed by atoms with Crippen molar-refractivity contribution >= 4 is 5.97 Å². The standard InChI is InChI=1S/C17H25NO3/c1-13(19)21-16-9-6-8-14(11-16)17(20)10-5-4-7-15(17)12-18(2)3/h6,8-9,11,15,20H,4-5,7,10,12H2,1-3H3/t15-,17+/m1/s1. The van der Waals surface area contributed by atoms with Gasteiger partial charge in [0.05, 0.1) is 5.60 Å². The average molecular weight is 291 g/mol. The lowest BCUT2D eigenvalue weighted by atomic mass is 9.71. The predicted octanol–water partition coefficient (Wildman–Crippen LogP) is 2.55. The second-order valence-electron chi connectivity index (χ2n) is 6.25. The zero-order valence-corrected chi connectivity index (χ0v) is 13.1. The summed E-state index contributed by atoms with van der Waals surface area (Å²) in [6.07, 6.45) is 3.96. The zero-order chi connectivity index (χ0) is 15.5. The molecule has 1 aromatic carbocycles. The monoisotopic (exact) mass is 291 g/mol. The van der Waals surface area contributed by atoms with Gasteiger partial charge in [-0.3, -0.25) is 4.79 Å². The van der Waals surface area contributed by atoms with E-state index in [0.29, 0.717) is 5.75 Å². The summed E-state index contributed by atoms with van der Waals surface area (Å²) >= 11 is 0. The van der Waals surface area contributed by atoms with Crippen LogP contribution < -0.4 is 4.74 Å². The zero-order valence-electron chi connectivity index (χ0n) is 13.1. The van der Waals surface area contributed by atoms with Crippen molar-refractivity contribution in [1.82, 2.24) is 4.90 Å². The summed E-state index contributed by atoms with van der Waals surface area (Å²) in [4.78, 5) is 13.2. The third kappa shape index (κ3) is 3.83. The maximum Gasteiger partial charge on any atom is 0.308 e. The van der Waals surface area contributed by atoms with E-state index in [-0.39, 0.29) is 11.9 Å². The molecule has 0 radical (unpaired) electrons. The van der Waals surface area contributed by atoms with Crippen LogP contribution in [0.4, 0.5) is 0 Å². The first-order chi connectivity index (χ1) is 9.91. The van der Waals surface area contributed by atoms with Crippen molar-refractivity contribution in [3.63, 3.8) is 0 Å². The van der Waals surface area contributed by atoms with Gasteiger partial charge < -0.3 is 14.7 Å². The Morgan fingerprint density at radius 3 is 2.86 bits per heavy atom. The van der Waals surface area contributed by atoms with Gasteiger partial charge in [0.1, 0.15) is 5.75 Å². The van der Waals surface area contributed by atoms with Crippen LogP contribution in [0.1, 0.15) is 38.2 Å². The highest BCUT2D eigenvalue weighted by molar-refractivity contribution is 5.69. The Hall–Kier alpha value is -1.39. The molecule has 0 amide bonds. The number of benzene rings is 1. The second-order valence-corrected chi connectivity index (χ2v) is 6.25. The van der Waals surface area contributed by atoms with Crippen molar-refractivity contribution < 1.29 is 14.6 Å². The van der Waals surface area contributed by atoms with E-state index < -0.39 is 5.60 Å². The van der Waals surface area contributed by atoms with E-state index in [4.69, 9.17) is 4.74 Å². The molecule has 1 aromatic rings. The lowest BCUT2D eigenvalue weighted by Crippen LogP contribution is -2.43. The molecule has 1 aliphatic rings. The highest BCUT2D eigenvalue weighted by atomic mass is 16.5. The molecule has 0 spiro atoms. The topological polar surface area (TPSA) is 49.8 Å². The molecular formula is C17H25NO3. The fourth-order valence-corrected chi connectivity index (χ4v) is 3.29. The van der Waals surface area contributed by atoms with Crippen LogP contribution in [-0.4, -0.2) is 36.6 Å². The average Bonchev–Trinajstić information content (AvgIpc) is 2.40. The highest BCUT2D eigenvalue weighted by Crippen LogP contribution is 2.42. The second kappa shape index (κ2) is 6.58. The molecule has 0 aliphatic heterocycles. The number of nitrogens with zero attached hydrogens (tertiary/aromatic N) is 1. The first kappa shape index (κ1) is 16.0. The normalized spacial score (nSPS) is 25.9. The molecule has 1 saturated carbocycles. The Morgan fingerprint density at radius 2 is 2.19 bits per heavy atom. The smallest absolute Gasteiger partial charge is 0.308 e. The van der Waals surface area contributed by atoms with Crippen LogP contribution in [0.5, 0.6) is 5.75 Å². The molecule has 0 saturated heterocycles. The SMILES string of the molecule is CC(=O)Oc1cccc([C@@]2(O)CCCC[C@@H]2CN(C)C)c1. The maximum absolute atomic E-state index is 11.2. The van der Waals surface area contributed by atoms with E-state index in [1.165, 1.54) is 6.92 Å². The summed E-state index contributed by atoms with van der Waals surface area (Å²) < 4.78 is 5.15.